The lowest BCUT2D eigenvalue weighted by molar-refractivity contribution is -0.130. The zero-order valence-electron chi connectivity index (χ0n) is 18.1. The highest BCUT2D eigenvalue weighted by molar-refractivity contribution is 6.91. The van der Waals surface area contributed by atoms with Gasteiger partial charge in [-0.05, 0) is 35.4 Å². The molecule has 0 aromatic heterocycles. The predicted octanol–water partition coefficient (Wildman–Crippen LogP) is 5.41. The van der Waals surface area contributed by atoms with E-state index in [1.54, 1.807) is 7.11 Å². The molecule has 3 nitrogen and oxygen atoms in total. The summed E-state index contributed by atoms with van der Waals surface area (Å²) in [6.45, 7) is 7.06. The Hall–Kier alpha value is -2.85. The van der Waals surface area contributed by atoms with Crippen LogP contribution in [0.3, 0.4) is 0 Å². The molecular weight excluding hydrogens is 386 g/mol. The van der Waals surface area contributed by atoms with E-state index in [2.05, 4.69) is 74.6 Å². The second-order valence-corrected chi connectivity index (χ2v) is 13.6. The van der Waals surface area contributed by atoms with Crippen LogP contribution in [-0.2, 0) is 4.79 Å². The number of carbonyl (C=O) groups excluding carboxylic acids is 1. The van der Waals surface area contributed by atoms with E-state index in [0.29, 0.717) is 5.54 Å². The Labute approximate surface area is 180 Å². The molecule has 3 aromatic rings. The Bertz CT molecular complexity index is 1000. The molecule has 154 valence electrons. The molecule has 0 bridgehead atoms. The summed E-state index contributed by atoms with van der Waals surface area (Å²) in [4.78, 5) is 15.5. The van der Waals surface area contributed by atoms with Crippen LogP contribution in [0, 0.1) is 5.92 Å². The van der Waals surface area contributed by atoms with Crippen LogP contribution < -0.4 is 14.8 Å². The third kappa shape index (κ3) is 3.45. The topological polar surface area (TPSA) is 29.5 Å². The van der Waals surface area contributed by atoms with Crippen molar-refractivity contribution in [3.8, 4) is 5.75 Å². The van der Waals surface area contributed by atoms with Crippen LogP contribution in [-0.4, -0.2) is 21.1 Å². The summed E-state index contributed by atoms with van der Waals surface area (Å²) >= 11 is 0. The Balaban J connectivity index is 1.71. The van der Waals surface area contributed by atoms with Crippen molar-refractivity contribution in [1.29, 1.82) is 0 Å². The van der Waals surface area contributed by atoms with Gasteiger partial charge in [-0.25, -0.2) is 0 Å². The van der Waals surface area contributed by atoms with E-state index < -0.39 is 8.07 Å². The zero-order valence-corrected chi connectivity index (χ0v) is 19.1. The number of carbonyl (C=O) groups is 1. The molecule has 0 saturated carbocycles. The normalized spacial score (nSPS) is 19.9. The van der Waals surface area contributed by atoms with Crippen molar-refractivity contribution in [1.82, 2.24) is 0 Å². The van der Waals surface area contributed by atoms with Crippen molar-refractivity contribution in [2.24, 2.45) is 5.92 Å². The highest BCUT2D eigenvalue weighted by atomic mass is 28.3. The molecule has 0 radical (unpaired) electrons. The third-order valence-electron chi connectivity index (χ3n) is 6.83. The van der Waals surface area contributed by atoms with Gasteiger partial charge in [-0.3, -0.25) is 4.79 Å². The fourth-order valence-electron chi connectivity index (χ4n) is 4.62. The van der Waals surface area contributed by atoms with Gasteiger partial charge < -0.3 is 9.64 Å². The third-order valence-corrected chi connectivity index (χ3v) is 11.3. The van der Waals surface area contributed by atoms with E-state index in [-0.39, 0.29) is 17.9 Å². The Morgan fingerprint density at radius 2 is 1.43 bits per heavy atom. The first-order chi connectivity index (χ1) is 14.4. The maximum atomic E-state index is 13.5. The molecular formula is C26H29NO2Si. The van der Waals surface area contributed by atoms with Crippen LogP contribution in [0.1, 0.15) is 18.5 Å². The van der Waals surface area contributed by atoms with Gasteiger partial charge >= 0.3 is 0 Å². The minimum Gasteiger partial charge on any atom is -0.497 e. The molecule has 3 aromatic carbocycles. The van der Waals surface area contributed by atoms with Gasteiger partial charge in [0, 0.05) is 5.69 Å². The number of benzene rings is 3. The van der Waals surface area contributed by atoms with Crippen LogP contribution in [0.2, 0.25) is 18.6 Å². The smallest absolute Gasteiger partial charge is 0.233 e. The second-order valence-electron chi connectivity index (χ2n) is 8.66. The van der Waals surface area contributed by atoms with Crippen molar-refractivity contribution < 1.29 is 9.53 Å². The molecule has 0 spiro atoms. The number of anilines is 1. The molecule has 1 amide bonds. The second kappa shape index (κ2) is 8.11. The van der Waals surface area contributed by atoms with Gasteiger partial charge in [0.2, 0.25) is 5.91 Å². The Kier molecular flexibility index (Phi) is 5.52. The number of nitrogens with zero attached hydrogens (tertiary/aromatic N) is 1. The van der Waals surface area contributed by atoms with Crippen LogP contribution in [0.4, 0.5) is 5.69 Å². The van der Waals surface area contributed by atoms with Crippen molar-refractivity contribution >= 4 is 24.9 Å². The predicted molar refractivity (Wildman–Crippen MR) is 126 cm³/mol. The monoisotopic (exact) mass is 415 g/mol. The lowest BCUT2D eigenvalue weighted by Gasteiger charge is -2.52. The fraction of sp³-hybridized carbons (Fsp3) is 0.269. The first-order valence-corrected chi connectivity index (χ1v) is 13.6. The summed E-state index contributed by atoms with van der Waals surface area (Å²) in [5.41, 5.74) is 2.44. The van der Waals surface area contributed by atoms with Gasteiger partial charge in [-0.2, -0.15) is 0 Å². The van der Waals surface area contributed by atoms with Gasteiger partial charge in [0.05, 0.1) is 27.1 Å². The number of rotatable bonds is 6. The SMILES string of the molecule is COc1ccc(N2C(=O)[C@@H]([C@@H](C)[Si](C)(C)c3ccccc3)[C@@H]2c2ccccc2)cc1. The first kappa shape index (κ1) is 20.4. The molecule has 0 aliphatic carbocycles. The molecule has 1 fully saturated rings. The van der Waals surface area contributed by atoms with Gasteiger partial charge in [0.1, 0.15) is 5.75 Å². The average Bonchev–Trinajstić information content (AvgIpc) is 2.79. The van der Waals surface area contributed by atoms with E-state index in [0.717, 1.165) is 11.4 Å². The van der Waals surface area contributed by atoms with Crippen molar-refractivity contribution in [2.75, 3.05) is 12.0 Å². The lowest BCUT2D eigenvalue weighted by Crippen LogP contribution is -2.61. The highest BCUT2D eigenvalue weighted by Gasteiger charge is 2.54. The molecule has 4 rings (SSSR count). The van der Waals surface area contributed by atoms with Gasteiger partial charge in [0.25, 0.3) is 0 Å². The maximum Gasteiger partial charge on any atom is 0.233 e. The molecule has 1 heterocycles. The van der Waals surface area contributed by atoms with E-state index in [4.69, 9.17) is 4.74 Å². The number of hydrogen-bond donors (Lipinski definition) is 0. The molecule has 4 heteroatoms. The number of ether oxygens (including phenoxy) is 1. The summed E-state index contributed by atoms with van der Waals surface area (Å²) in [5.74, 6) is 1.000. The number of hydrogen-bond acceptors (Lipinski definition) is 2. The average molecular weight is 416 g/mol. The summed E-state index contributed by atoms with van der Waals surface area (Å²) in [7, 11) is -0.188. The molecule has 1 aliphatic heterocycles. The fourth-order valence-corrected chi connectivity index (χ4v) is 7.42. The summed E-state index contributed by atoms with van der Waals surface area (Å²) in [5, 5.41) is 1.40. The quantitative estimate of drug-likeness (QED) is 0.398. The van der Waals surface area contributed by atoms with Gasteiger partial charge in [-0.1, -0.05) is 85.9 Å². The van der Waals surface area contributed by atoms with Crippen molar-refractivity contribution in [2.45, 2.75) is 31.6 Å². The molecule has 1 saturated heterocycles. The standard InChI is InChI=1S/C26H29NO2Si/c1-19(30(3,4)23-13-9-6-10-14-23)24-25(20-11-7-5-8-12-20)27(26(24)28)21-15-17-22(29-2)18-16-21/h5-19,24-25H,1-4H3/t19-,24+,25+/m1/s1. The van der Waals surface area contributed by atoms with E-state index in [9.17, 15) is 4.79 Å². The molecule has 0 N–H and O–H groups in total. The van der Waals surface area contributed by atoms with E-state index in [1.165, 1.54) is 10.8 Å². The van der Waals surface area contributed by atoms with Crippen LogP contribution in [0.15, 0.2) is 84.9 Å². The number of methoxy groups -OCH3 is 1. The van der Waals surface area contributed by atoms with Crippen LogP contribution >= 0.6 is 0 Å². The molecule has 1 aliphatic rings. The van der Waals surface area contributed by atoms with Gasteiger partial charge in [-0.15, -0.1) is 0 Å². The summed E-state index contributed by atoms with van der Waals surface area (Å²) in [6.07, 6.45) is 0. The molecule has 30 heavy (non-hydrogen) atoms. The zero-order chi connectivity index (χ0) is 21.3. The van der Waals surface area contributed by atoms with Crippen LogP contribution in [0.25, 0.3) is 0 Å². The Morgan fingerprint density at radius 3 is 2.00 bits per heavy atom. The Morgan fingerprint density at radius 1 is 0.867 bits per heavy atom. The van der Waals surface area contributed by atoms with E-state index >= 15 is 0 Å². The summed E-state index contributed by atoms with van der Waals surface area (Å²) in [6, 6.07) is 29.0. The largest absolute Gasteiger partial charge is 0.497 e. The lowest BCUT2D eigenvalue weighted by atomic mass is 9.79. The first-order valence-electron chi connectivity index (χ1n) is 10.5. The van der Waals surface area contributed by atoms with E-state index in [1.807, 2.05) is 35.2 Å². The van der Waals surface area contributed by atoms with Crippen molar-refractivity contribution in [3.63, 3.8) is 0 Å². The highest BCUT2D eigenvalue weighted by Crippen LogP contribution is 2.51. The van der Waals surface area contributed by atoms with Crippen molar-refractivity contribution in [3.05, 3.63) is 90.5 Å². The minimum atomic E-state index is -1.84. The maximum absolute atomic E-state index is 13.5. The number of amides is 1. The van der Waals surface area contributed by atoms with Gasteiger partial charge in [0.15, 0.2) is 0 Å². The molecule has 0 unspecified atom stereocenters. The summed E-state index contributed by atoms with van der Waals surface area (Å²) < 4.78 is 5.29. The molecule has 3 atom stereocenters. The minimum absolute atomic E-state index is 0.0172. The van der Waals surface area contributed by atoms with Crippen LogP contribution in [0.5, 0.6) is 5.75 Å². The number of β-lactam (4-membered cyclic amide) rings is 1.